The van der Waals surface area contributed by atoms with Crippen LogP contribution in [0.5, 0.6) is 17.2 Å². The van der Waals surface area contributed by atoms with Crippen molar-refractivity contribution in [1.29, 1.82) is 0 Å². The molecule has 220 valence electrons. The molecule has 0 saturated carbocycles. The van der Waals surface area contributed by atoms with Crippen LogP contribution in [0.1, 0.15) is 12.8 Å². The molecule has 1 atom stereocenters. The number of hydrogen-bond acceptors (Lipinski definition) is 7. The van der Waals surface area contributed by atoms with Crippen LogP contribution in [0, 0.1) is 0 Å². The van der Waals surface area contributed by atoms with Crippen LogP contribution >= 0.6 is 0 Å². The Morgan fingerprint density at radius 3 is 2.40 bits per heavy atom. The van der Waals surface area contributed by atoms with Crippen LogP contribution in [0.25, 0.3) is 32.7 Å². The van der Waals surface area contributed by atoms with E-state index in [-0.39, 0.29) is 28.1 Å². The Bertz CT molecular complexity index is 1920. The Kier molecular flexibility index (Phi) is 7.79. The first-order valence-electron chi connectivity index (χ1n) is 14.0. The molecule has 9 nitrogen and oxygen atoms in total. The molecule has 1 heterocycles. The number of fused-ring (bicyclic) bond motifs is 2. The average Bonchev–Trinajstić information content (AvgIpc) is 3.55. The Balaban J connectivity index is 1.51. The van der Waals surface area contributed by atoms with Crippen molar-refractivity contribution in [1.82, 2.24) is 10.6 Å². The van der Waals surface area contributed by atoms with E-state index in [0.29, 0.717) is 39.6 Å². The fourth-order valence-electron chi connectivity index (χ4n) is 5.50. The molecule has 0 radical (unpaired) electrons. The van der Waals surface area contributed by atoms with Crippen LogP contribution in [0.3, 0.4) is 0 Å². The molecule has 0 aliphatic carbocycles. The lowest BCUT2D eigenvalue weighted by atomic mass is 9.93. The van der Waals surface area contributed by atoms with Gasteiger partial charge in [0.1, 0.15) is 17.2 Å². The number of phenols is 1. The fraction of sp³-hybridized carbons (Fsp3) is 0.182. The van der Waals surface area contributed by atoms with Crippen molar-refractivity contribution in [3.8, 4) is 28.4 Å². The minimum atomic E-state index is -4.03. The van der Waals surface area contributed by atoms with Crippen molar-refractivity contribution < 1.29 is 27.8 Å². The van der Waals surface area contributed by atoms with Gasteiger partial charge in [-0.25, -0.2) is 13.2 Å². The van der Waals surface area contributed by atoms with Crippen LogP contribution in [0.4, 0.5) is 10.5 Å². The van der Waals surface area contributed by atoms with E-state index in [0.717, 1.165) is 24.8 Å². The van der Waals surface area contributed by atoms with E-state index >= 15 is 0 Å². The van der Waals surface area contributed by atoms with E-state index in [4.69, 9.17) is 9.47 Å². The highest BCUT2D eigenvalue weighted by Crippen LogP contribution is 2.47. The number of aromatic hydroxyl groups is 1. The van der Waals surface area contributed by atoms with Gasteiger partial charge in [0, 0.05) is 34.5 Å². The second-order valence-corrected chi connectivity index (χ2v) is 12.1. The van der Waals surface area contributed by atoms with Crippen molar-refractivity contribution in [2.24, 2.45) is 0 Å². The number of anilines is 1. The molecule has 4 N–H and O–H groups in total. The molecule has 6 rings (SSSR count). The van der Waals surface area contributed by atoms with Gasteiger partial charge >= 0.3 is 6.09 Å². The Morgan fingerprint density at radius 2 is 1.67 bits per heavy atom. The van der Waals surface area contributed by atoms with Gasteiger partial charge in [-0.05, 0) is 66.6 Å². The van der Waals surface area contributed by atoms with Gasteiger partial charge in [-0.3, -0.25) is 4.72 Å². The zero-order valence-corrected chi connectivity index (χ0v) is 24.3. The number of rotatable bonds is 8. The molecule has 5 aromatic rings. The zero-order valence-electron chi connectivity index (χ0n) is 23.5. The van der Waals surface area contributed by atoms with E-state index in [2.05, 4.69) is 15.4 Å². The SMILES string of the molecule is COc1ccc(S(=O)(=O)Nc2cc(-c3c(O)ccc4ccccc34)c(OC(=O)NCC3CCCN3)c3ccccc23)cc1. The maximum atomic E-state index is 13.5. The smallest absolute Gasteiger partial charge is 0.412 e. The van der Waals surface area contributed by atoms with Gasteiger partial charge in [0.2, 0.25) is 0 Å². The minimum Gasteiger partial charge on any atom is -0.507 e. The van der Waals surface area contributed by atoms with Crippen LogP contribution in [-0.4, -0.2) is 45.9 Å². The highest BCUT2D eigenvalue weighted by molar-refractivity contribution is 7.92. The molecule has 1 fully saturated rings. The predicted octanol–water partition coefficient (Wildman–Crippen LogP) is 6.02. The summed E-state index contributed by atoms with van der Waals surface area (Å²) in [7, 11) is -2.52. The van der Waals surface area contributed by atoms with Crippen LogP contribution < -0.4 is 24.8 Å². The Morgan fingerprint density at radius 1 is 0.953 bits per heavy atom. The molecule has 0 spiro atoms. The molecule has 10 heteroatoms. The quantitative estimate of drug-likeness (QED) is 0.172. The number of benzene rings is 5. The third-order valence-electron chi connectivity index (χ3n) is 7.64. The molecule has 5 aromatic carbocycles. The second kappa shape index (κ2) is 11.8. The van der Waals surface area contributed by atoms with E-state index in [1.807, 2.05) is 24.3 Å². The normalized spacial score (nSPS) is 15.0. The van der Waals surface area contributed by atoms with Gasteiger partial charge in [-0.2, -0.15) is 0 Å². The lowest BCUT2D eigenvalue weighted by molar-refractivity contribution is 0.200. The van der Waals surface area contributed by atoms with Gasteiger partial charge in [0.05, 0.1) is 17.7 Å². The third kappa shape index (κ3) is 5.79. The molecule has 43 heavy (non-hydrogen) atoms. The van der Waals surface area contributed by atoms with Gasteiger partial charge in [-0.15, -0.1) is 0 Å². The molecule has 1 aliphatic heterocycles. The van der Waals surface area contributed by atoms with Crippen molar-refractivity contribution in [2.45, 2.75) is 23.8 Å². The van der Waals surface area contributed by atoms with E-state index in [1.165, 1.54) is 19.2 Å². The molecule has 0 aromatic heterocycles. The van der Waals surface area contributed by atoms with Crippen molar-refractivity contribution >= 4 is 43.3 Å². The first-order valence-corrected chi connectivity index (χ1v) is 15.4. The predicted molar refractivity (Wildman–Crippen MR) is 167 cm³/mol. The van der Waals surface area contributed by atoms with Crippen molar-refractivity contribution in [2.75, 3.05) is 24.9 Å². The lowest BCUT2D eigenvalue weighted by Crippen LogP contribution is -2.38. The van der Waals surface area contributed by atoms with E-state index in [1.54, 1.807) is 54.6 Å². The highest BCUT2D eigenvalue weighted by atomic mass is 32.2. The summed E-state index contributed by atoms with van der Waals surface area (Å²) in [5.41, 5.74) is 1.03. The summed E-state index contributed by atoms with van der Waals surface area (Å²) in [5, 5.41) is 19.9. The minimum absolute atomic E-state index is 0.0432. The van der Waals surface area contributed by atoms with Crippen LogP contribution in [0.15, 0.2) is 95.9 Å². The summed E-state index contributed by atoms with van der Waals surface area (Å²) in [6.07, 6.45) is 1.36. The van der Waals surface area contributed by atoms with Gasteiger partial charge in [0.15, 0.2) is 0 Å². The average molecular weight is 598 g/mol. The molecular weight excluding hydrogens is 566 g/mol. The zero-order chi connectivity index (χ0) is 30.0. The van der Waals surface area contributed by atoms with E-state index in [9.17, 15) is 18.3 Å². The largest absolute Gasteiger partial charge is 0.507 e. The summed E-state index contributed by atoms with van der Waals surface area (Å²) >= 11 is 0. The number of hydrogen-bond donors (Lipinski definition) is 4. The van der Waals surface area contributed by atoms with Gasteiger partial charge in [0.25, 0.3) is 10.0 Å². The second-order valence-electron chi connectivity index (χ2n) is 10.4. The molecule has 1 unspecified atom stereocenters. The Hall–Kier alpha value is -4.80. The lowest BCUT2D eigenvalue weighted by Gasteiger charge is -2.20. The monoisotopic (exact) mass is 597 g/mol. The number of amides is 1. The molecule has 1 aliphatic rings. The summed E-state index contributed by atoms with van der Waals surface area (Å²) in [4.78, 5) is 13.2. The van der Waals surface area contributed by atoms with Crippen LogP contribution in [0.2, 0.25) is 0 Å². The van der Waals surface area contributed by atoms with Crippen molar-refractivity contribution in [3.05, 3.63) is 91.0 Å². The number of sulfonamides is 1. The maximum Gasteiger partial charge on any atom is 0.412 e. The number of nitrogens with one attached hydrogen (secondary N) is 3. The van der Waals surface area contributed by atoms with Gasteiger partial charge in [-0.1, -0.05) is 54.6 Å². The standard InChI is InChI=1S/C33H31N3O6S/c1-41-23-13-15-24(16-14-23)43(39,40)36-29-19-28(31-25-9-3-2-7-21(25)12-17-30(31)37)32(27-11-5-4-10-26(27)29)42-33(38)35-20-22-8-6-18-34-22/h2-5,7,9-17,19,22,34,36-37H,6,8,18,20H2,1H3,(H,35,38). The number of ether oxygens (including phenoxy) is 2. The van der Waals surface area contributed by atoms with Gasteiger partial charge < -0.3 is 25.2 Å². The first kappa shape index (κ1) is 28.3. The first-order chi connectivity index (χ1) is 20.8. The van der Waals surface area contributed by atoms with E-state index < -0.39 is 16.1 Å². The molecule has 1 saturated heterocycles. The number of phenolic OH excluding ortho intramolecular Hbond substituents is 1. The topological polar surface area (TPSA) is 126 Å². The Labute approximate surface area is 249 Å². The maximum absolute atomic E-state index is 13.5. The molecule has 0 bridgehead atoms. The van der Waals surface area contributed by atoms with Crippen molar-refractivity contribution in [3.63, 3.8) is 0 Å². The summed E-state index contributed by atoms with van der Waals surface area (Å²) in [6, 6.07) is 25.8. The number of carbonyl (C=O) groups is 1. The molecule has 1 amide bonds. The highest BCUT2D eigenvalue weighted by Gasteiger charge is 2.24. The fourth-order valence-corrected chi connectivity index (χ4v) is 6.57. The number of carbonyl (C=O) groups excluding carboxylic acids is 1. The van der Waals surface area contributed by atoms with Crippen LogP contribution in [-0.2, 0) is 10.0 Å². The molecular formula is C33H31N3O6S. The summed E-state index contributed by atoms with van der Waals surface area (Å²) < 4.78 is 41.0. The number of methoxy groups -OCH3 is 1. The summed E-state index contributed by atoms with van der Waals surface area (Å²) in [6.45, 7) is 1.32. The summed E-state index contributed by atoms with van der Waals surface area (Å²) in [5.74, 6) is 0.687. The third-order valence-corrected chi connectivity index (χ3v) is 9.02.